The predicted molar refractivity (Wildman–Crippen MR) is 181 cm³/mol. The fourth-order valence-electron chi connectivity index (χ4n) is 6.27. The van der Waals surface area contributed by atoms with Crippen LogP contribution in [0.4, 0.5) is 8.78 Å². The van der Waals surface area contributed by atoms with E-state index in [2.05, 4.69) is 83.1 Å². The molecule has 0 amide bonds. The molecule has 3 aromatic carbocycles. The third-order valence-electron chi connectivity index (χ3n) is 9.14. The van der Waals surface area contributed by atoms with Gasteiger partial charge in [0.2, 0.25) is 0 Å². The summed E-state index contributed by atoms with van der Waals surface area (Å²) >= 11 is 0. The van der Waals surface area contributed by atoms with E-state index in [0.717, 1.165) is 40.0 Å². The Labute approximate surface area is 281 Å². The minimum absolute atomic E-state index is 0.0133. The first-order valence-electron chi connectivity index (χ1n) is 16.3. The highest BCUT2D eigenvalue weighted by atomic mass is 32.2. The molecule has 256 valence electrons. The maximum atomic E-state index is 14.1. The van der Waals surface area contributed by atoms with E-state index in [-0.39, 0.29) is 22.5 Å². The second-order valence-corrected chi connectivity index (χ2v) is 18.1. The third-order valence-corrected chi connectivity index (χ3v) is 12.4. The standard InChI is InChI=1S/C37H46F2O6S2/c1-26(37(38,39)47(40,41)42)45-30-16-22-33(23-17-30)46(31-18-12-27(13-19-31)34(2,3)4)32-20-14-29(15-21-32)36(28-10-8-7-9-11-28)43-24-35(5,6)25-44-36/h12-23,26,28H,7-11,24-25H2,1-6H3/p+1. The van der Waals surface area contributed by atoms with E-state index in [1.54, 1.807) is 24.3 Å². The van der Waals surface area contributed by atoms with E-state index in [9.17, 15) is 17.2 Å². The van der Waals surface area contributed by atoms with Crippen LogP contribution >= 0.6 is 0 Å². The molecule has 47 heavy (non-hydrogen) atoms. The maximum Gasteiger partial charge on any atom is 0.405 e. The lowest BCUT2D eigenvalue weighted by atomic mass is 9.78. The minimum Gasteiger partial charge on any atom is -0.483 e. The first-order chi connectivity index (χ1) is 21.9. The van der Waals surface area contributed by atoms with Gasteiger partial charge >= 0.3 is 15.4 Å². The molecular formula is C37H47F2O6S2+. The monoisotopic (exact) mass is 689 g/mol. The molecule has 3 aromatic rings. The van der Waals surface area contributed by atoms with Crippen LogP contribution in [0.3, 0.4) is 0 Å². The smallest absolute Gasteiger partial charge is 0.405 e. The first kappa shape index (κ1) is 35.8. The van der Waals surface area contributed by atoms with Crippen molar-refractivity contribution in [1.82, 2.24) is 0 Å². The van der Waals surface area contributed by atoms with Crippen LogP contribution in [0.15, 0.2) is 87.5 Å². The summed E-state index contributed by atoms with van der Waals surface area (Å²) in [6.45, 7) is 13.0. The average Bonchev–Trinajstić information content (AvgIpc) is 3.02. The van der Waals surface area contributed by atoms with Gasteiger partial charge in [0.25, 0.3) is 0 Å². The molecule has 5 rings (SSSR count). The Morgan fingerprint density at radius 3 is 1.77 bits per heavy atom. The summed E-state index contributed by atoms with van der Waals surface area (Å²) in [5.41, 5.74) is 2.16. The molecule has 2 aliphatic rings. The molecule has 1 saturated heterocycles. The summed E-state index contributed by atoms with van der Waals surface area (Å²) in [5, 5.41) is -4.46. The van der Waals surface area contributed by atoms with Crippen LogP contribution in [0, 0.1) is 11.3 Å². The predicted octanol–water partition coefficient (Wildman–Crippen LogP) is 9.13. The second-order valence-electron chi connectivity index (χ2n) is 14.6. The largest absolute Gasteiger partial charge is 0.483 e. The summed E-state index contributed by atoms with van der Waals surface area (Å²) in [6, 6.07) is 23.8. The van der Waals surface area contributed by atoms with Crippen molar-refractivity contribution >= 4 is 21.0 Å². The van der Waals surface area contributed by atoms with Crippen molar-refractivity contribution in [3.63, 3.8) is 0 Å². The van der Waals surface area contributed by atoms with Gasteiger partial charge in [-0.05, 0) is 91.4 Å². The second kappa shape index (κ2) is 13.4. The van der Waals surface area contributed by atoms with Crippen molar-refractivity contribution < 1.29 is 36.0 Å². The van der Waals surface area contributed by atoms with Gasteiger partial charge in [-0.15, -0.1) is 0 Å². The normalized spacial score (nSPS) is 20.4. The van der Waals surface area contributed by atoms with E-state index in [1.165, 1.54) is 24.8 Å². The lowest BCUT2D eigenvalue weighted by molar-refractivity contribution is -0.335. The van der Waals surface area contributed by atoms with Crippen LogP contribution in [0.25, 0.3) is 0 Å². The van der Waals surface area contributed by atoms with Gasteiger partial charge in [0.1, 0.15) is 5.75 Å². The van der Waals surface area contributed by atoms with Gasteiger partial charge in [-0.25, -0.2) is 0 Å². The molecule has 0 bridgehead atoms. The lowest BCUT2D eigenvalue weighted by Gasteiger charge is -2.48. The van der Waals surface area contributed by atoms with Crippen molar-refractivity contribution in [2.45, 2.75) is 111 Å². The van der Waals surface area contributed by atoms with E-state index >= 15 is 0 Å². The average molecular weight is 690 g/mol. The molecule has 1 aliphatic carbocycles. The molecule has 1 saturated carbocycles. The zero-order chi connectivity index (χ0) is 34.3. The van der Waals surface area contributed by atoms with Gasteiger partial charge in [-0.1, -0.05) is 66.0 Å². The number of benzene rings is 3. The van der Waals surface area contributed by atoms with Crippen molar-refractivity contribution in [1.29, 1.82) is 0 Å². The van der Waals surface area contributed by atoms with Gasteiger partial charge < -0.3 is 14.2 Å². The fourth-order valence-corrected chi connectivity index (χ4v) is 8.78. The van der Waals surface area contributed by atoms with Gasteiger partial charge in [0, 0.05) is 16.9 Å². The molecule has 1 aliphatic heterocycles. The van der Waals surface area contributed by atoms with Crippen LogP contribution in [-0.4, -0.2) is 37.5 Å². The van der Waals surface area contributed by atoms with Crippen molar-refractivity contribution in [2.75, 3.05) is 13.2 Å². The highest BCUT2D eigenvalue weighted by Crippen LogP contribution is 2.48. The zero-order valence-corrected chi connectivity index (χ0v) is 29.7. The minimum atomic E-state index is -5.63. The summed E-state index contributed by atoms with van der Waals surface area (Å²) in [5.74, 6) is -0.429. The van der Waals surface area contributed by atoms with Crippen molar-refractivity contribution in [3.05, 3.63) is 83.9 Å². The molecule has 1 heterocycles. The summed E-state index contributed by atoms with van der Waals surface area (Å²) < 4.78 is 78.3. The SMILES string of the molecule is CC(Oc1ccc([S+](c2ccc(C(C)(C)C)cc2)c2ccc(C3(C4CCCCC4)OCC(C)(C)CO3)cc2)cc1)C(F)(F)S(=O)(=O)O. The van der Waals surface area contributed by atoms with Crippen molar-refractivity contribution in [2.24, 2.45) is 11.3 Å². The number of rotatable bonds is 9. The maximum absolute atomic E-state index is 14.1. The highest BCUT2D eigenvalue weighted by Gasteiger charge is 2.51. The first-order valence-corrected chi connectivity index (χ1v) is 18.9. The van der Waals surface area contributed by atoms with E-state index in [0.29, 0.717) is 13.2 Å². The van der Waals surface area contributed by atoms with Crippen LogP contribution in [0.1, 0.15) is 84.8 Å². The molecule has 6 nitrogen and oxygen atoms in total. The molecule has 1 N–H and O–H groups in total. The third kappa shape index (κ3) is 7.72. The lowest BCUT2D eigenvalue weighted by Crippen LogP contribution is -2.50. The number of alkyl halides is 2. The number of ether oxygens (including phenoxy) is 3. The molecule has 0 aromatic heterocycles. The Bertz CT molecular complexity index is 1600. The Morgan fingerprint density at radius 2 is 1.30 bits per heavy atom. The summed E-state index contributed by atoms with van der Waals surface area (Å²) in [6.07, 6.45) is 3.61. The van der Waals surface area contributed by atoms with Crippen LogP contribution in [-0.2, 0) is 41.7 Å². The molecule has 10 heteroatoms. The van der Waals surface area contributed by atoms with E-state index < -0.39 is 38.2 Å². The van der Waals surface area contributed by atoms with Crippen LogP contribution in [0.5, 0.6) is 5.75 Å². The quantitative estimate of drug-likeness (QED) is 0.178. The van der Waals surface area contributed by atoms with Crippen LogP contribution < -0.4 is 4.74 Å². The molecule has 2 unspecified atom stereocenters. The number of halogens is 2. The molecule has 0 spiro atoms. The molecule has 2 atom stereocenters. The fraction of sp³-hybridized carbons (Fsp3) is 0.514. The molecule has 0 radical (unpaired) electrons. The van der Waals surface area contributed by atoms with Gasteiger partial charge in [-0.2, -0.15) is 17.2 Å². The molecular weight excluding hydrogens is 643 g/mol. The Hall–Kier alpha value is -2.50. The summed E-state index contributed by atoms with van der Waals surface area (Å²) in [4.78, 5) is 3.07. The van der Waals surface area contributed by atoms with E-state index in [4.69, 9.17) is 18.8 Å². The number of hydrogen-bond acceptors (Lipinski definition) is 5. The van der Waals surface area contributed by atoms with Gasteiger partial charge in [0.05, 0.1) is 24.1 Å². The van der Waals surface area contributed by atoms with Crippen molar-refractivity contribution in [3.8, 4) is 5.75 Å². The highest BCUT2D eigenvalue weighted by molar-refractivity contribution is 7.97. The Morgan fingerprint density at radius 1 is 0.830 bits per heavy atom. The number of hydrogen-bond donors (Lipinski definition) is 1. The molecule has 2 fully saturated rings. The Balaban J connectivity index is 1.49. The van der Waals surface area contributed by atoms with Gasteiger partial charge in [-0.3, -0.25) is 4.55 Å². The topological polar surface area (TPSA) is 82.1 Å². The van der Waals surface area contributed by atoms with E-state index in [1.807, 2.05) is 0 Å². The van der Waals surface area contributed by atoms with Gasteiger partial charge in [0.15, 0.2) is 26.6 Å². The Kier molecular flexibility index (Phi) is 10.2. The van der Waals surface area contributed by atoms with Crippen LogP contribution in [0.2, 0.25) is 0 Å². The summed E-state index contributed by atoms with van der Waals surface area (Å²) in [7, 11) is -6.20. The zero-order valence-electron chi connectivity index (χ0n) is 28.1.